The Hall–Kier alpha value is -0.900. The van der Waals surface area contributed by atoms with E-state index in [4.69, 9.17) is 4.52 Å². The van der Waals surface area contributed by atoms with Crippen LogP contribution in [0.5, 0.6) is 0 Å². The molecule has 2 heterocycles. The first kappa shape index (κ1) is 23.4. The molecule has 1 aliphatic heterocycles. The zero-order valence-corrected chi connectivity index (χ0v) is 20.2. The summed E-state index contributed by atoms with van der Waals surface area (Å²) in [5.41, 5.74) is -0.135. The van der Waals surface area contributed by atoms with Crippen molar-refractivity contribution in [2.45, 2.75) is 77.8 Å². The summed E-state index contributed by atoms with van der Waals surface area (Å²) in [6.07, 6.45) is 6.85. The van der Waals surface area contributed by atoms with Crippen molar-refractivity contribution in [1.29, 1.82) is 0 Å². The lowest BCUT2D eigenvalue weighted by Gasteiger charge is -2.21. The van der Waals surface area contributed by atoms with Gasteiger partial charge in [-0.15, -0.1) is 24.0 Å². The monoisotopic (exact) mass is 504 g/mol. The second-order valence-electron chi connectivity index (χ2n) is 9.00. The Labute approximate surface area is 186 Å². The number of aromatic nitrogens is 2. The van der Waals surface area contributed by atoms with E-state index in [2.05, 4.69) is 58.4 Å². The zero-order chi connectivity index (χ0) is 19.3. The van der Waals surface area contributed by atoms with Gasteiger partial charge < -0.3 is 20.1 Å². The number of hydrogen-bond acceptors (Lipinski definition) is 5. The van der Waals surface area contributed by atoms with Gasteiger partial charge in [-0.3, -0.25) is 0 Å². The fourth-order valence-electron chi connectivity index (χ4n) is 3.96. The first-order valence-corrected chi connectivity index (χ1v) is 10.5. The van der Waals surface area contributed by atoms with E-state index in [1.807, 2.05) is 0 Å². The van der Waals surface area contributed by atoms with Gasteiger partial charge in [0.25, 0.3) is 0 Å². The van der Waals surface area contributed by atoms with E-state index >= 15 is 0 Å². The molecule has 1 aliphatic carbocycles. The summed E-state index contributed by atoms with van der Waals surface area (Å²) in [5.74, 6) is 3.05. The van der Waals surface area contributed by atoms with Gasteiger partial charge in [0.05, 0.1) is 0 Å². The van der Waals surface area contributed by atoms with E-state index in [1.54, 1.807) is 0 Å². The molecule has 0 radical (unpaired) electrons. The maximum absolute atomic E-state index is 5.35. The Morgan fingerprint density at radius 3 is 2.64 bits per heavy atom. The molecule has 2 aliphatic rings. The van der Waals surface area contributed by atoms with Crippen LogP contribution >= 0.6 is 24.0 Å². The summed E-state index contributed by atoms with van der Waals surface area (Å²) in [4.78, 5) is 11.7. The highest BCUT2D eigenvalue weighted by molar-refractivity contribution is 14.0. The van der Waals surface area contributed by atoms with Crippen molar-refractivity contribution in [2.75, 3.05) is 26.2 Å². The number of hydrogen-bond donors (Lipinski definition) is 2. The van der Waals surface area contributed by atoms with Crippen molar-refractivity contribution in [1.82, 2.24) is 25.7 Å². The third-order valence-corrected chi connectivity index (χ3v) is 5.44. The number of likely N-dealkylation sites (tertiary alicyclic amines) is 1. The first-order chi connectivity index (χ1) is 12.9. The molecular weight excluding hydrogens is 467 g/mol. The molecule has 0 amide bonds. The molecule has 3 rings (SSSR count). The van der Waals surface area contributed by atoms with E-state index in [9.17, 15) is 0 Å². The molecule has 1 saturated heterocycles. The fourth-order valence-corrected chi connectivity index (χ4v) is 3.96. The Balaban J connectivity index is 0.00000280. The number of nitrogens with zero attached hydrogens (tertiary/aromatic N) is 4. The normalized spacial score (nSPS) is 21.7. The molecule has 1 atom stereocenters. The van der Waals surface area contributed by atoms with Crippen LogP contribution in [-0.2, 0) is 12.0 Å². The second-order valence-corrected chi connectivity index (χ2v) is 9.00. The van der Waals surface area contributed by atoms with Gasteiger partial charge in [0.2, 0.25) is 5.89 Å². The molecule has 0 spiro atoms. The number of aliphatic imine (C=N–C) groups is 1. The van der Waals surface area contributed by atoms with Gasteiger partial charge in [-0.1, -0.05) is 38.8 Å². The molecule has 0 bridgehead atoms. The van der Waals surface area contributed by atoms with Crippen molar-refractivity contribution in [3.05, 3.63) is 11.7 Å². The van der Waals surface area contributed by atoms with E-state index < -0.39 is 0 Å². The molecule has 2 N–H and O–H groups in total. The van der Waals surface area contributed by atoms with Gasteiger partial charge in [-0.25, -0.2) is 4.99 Å². The average Bonchev–Trinajstić information content (AvgIpc) is 3.34. The smallest absolute Gasteiger partial charge is 0.232 e. The summed E-state index contributed by atoms with van der Waals surface area (Å²) in [5, 5.41) is 11.0. The van der Waals surface area contributed by atoms with Gasteiger partial charge >= 0.3 is 0 Å². The molecule has 1 aromatic heterocycles. The Bertz CT molecular complexity index is 620. The minimum atomic E-state index is -0.135. The molecule has 1 saturated carbocycles. The summed E-state index contributed by atoms with van der Waals surface area (Å²) in [6.45, 7) is 13.1. The van der Waals surface area contributed by atoms with E-state index in [0.717, 1.165) is 25.0 Å². The molecule has 1 aromatic rings. The van der Waals surface area contributed by atoms with E-state index in [-0.39, 0.29) is 29.4 Å². The summed E-state index contributed by atoms with van der Waals surface area (Å²) in [7, 11) is 0. The number of nitrogens with one attached hydrogen (secondary N) is 2. The second kappa shape index (κ2) is 10.8. The zero-order valence-electron chi connectivity index (χ0n) is 17.8. The van der Waals surface area contributed by atoms with Gasteiger partial charge in [0, 0.05) is 37.6 Å². The molecule has 7 nitrogen and oxygen atoms in total. The highest BCUT2D eigenvalue weighted by Gasteiger charge is 2.26. The van der Waals surface area contributed by atoms with Crippen LogP contribution in [0.2, 0.25) is 0 Å². The standard InChI is InChI=1S/C20H36N6O.HI/c1-5-21-19(22-12-17-24-18(27-25-17)20(2,3)4)23-16-10-11-26(14-16)13-15-8-6-7-9-15;/h15-16H,5-14H2,1-4H3,(H2,21,22,23);1H. The fraction of sp³-hybridized carbons (Fsp3) is 0.850. The predicted octanol–water partition coefficient (Wildman–Crippen LogP) is 3.30. The van der Waals surface area contributed by atoms with Crippen LogP contribution in [0.25, 0.3) is 0 Å². The summed E-state index contributed by atoms with van der Waals surface area (Å²) >= 11 is 0. The van der Waals surface area contributed by atoms with E-state index in [1.165, 1.54) is 45.2 Å². The third kappa shape index (κ3) is 6.86. The molecule has 0 aromatic carbocycles. The van der Waals surface area contributed by atoms with Crippen LogP contribution in [0.4, 0.5) is 0 Å². The van der Waals surface area contributed by atoms with Crippen LogP contribution in [0, 0.1) is 5.92 Å². The number of rotatable bonds is 6. The van der Waals surface area contributed by atoms with Gasteiger partial charge in [0.1, 0.15) is 6.54 Å². The minimum Gasteiger partial charge on any atom is -0.357 e. The van der Waals surface area contributed by atoms with Gasteiger partial charge in [-0.2, -0.15) is 4.98 Å². The summed E-state index contributed by atoms with van der Waals surface area (Å²) in [6, 6.07) is 0.458. The molecular formula is C20H37IN6O. The van der Waals surface area contributed by atoms with Crippen LogP contribution in [0.15, 0.2) is 9.52 Å². The van der Waals surface area contributed by atoms with Crippen molar-refractivity contribution in [3.8, 4) is 0 Å². The van der Waals surface area contributed by atoms with Gasteiger partial charge in [0.15, 0.2) is 11.8 Å². The van der Waals surface area contributed by atoms with Crippen LogP contribution in [-0.4, -0.2) is 53.2 Å². The number of halogens is 1. The third-order valence-electron chi connectivity index (χ3n) is 5.44. The minimum absolute atomic E-state index is 0. The number of guanidine groups is 1. The molecule has 8 heteroatoms. The predicted molar refractivity (Wildman–Crippen MR) is 123 cm³/mol. The molecule has 28 heavy (non-hydrogen) atoms. The quantitative estimate of drug-likeness (QED) is 0.352. The van der Waals surface area contributed by atoms with Crippen LogP contribution < -0.4 is 10.6 Å². The van der Waals surface area contributed by atoms with Crippen LogP contribution in [0.1, 0.15) is 71.5 Å². The lowest BCUT2D eigenvalue weighted by Crippen LogP contribution is -2.44. The lowest BCUT2D eigenvalue weighted by molar-refractivity contribution is 0.275. The highest BCUT2D eigenvalue weighted by atomic mass is 127. The van der Waals surface area contributed by atoms with E-state index in [0.29, 0.717) is 24.3 Å². The molecule has 160 valence electrons. The summed E-state index contributed by atoms with van der Waals surface area (Å²) < 4.78 is 5.35. The highest BCUT2D eigenvalue weighted by Crippen LogP contribution is 2.26. The van der Waals surface area contributed by atoms with Crippen molar-refractivity contribution in [3.63, 3.8) is 0 Å². The molecule has 2 fully saturated rings. The Morgan fingerprint density at radius 1 is 1.25 bits per heavy atom. The average molecular weight is 504 g/mol. The Morgan fingerprint density at radius 2 is 2.00 bits per heavy atom. The van der Waals surface area contributed by atoms with Crippen LogP contribution in [0.3, 0.4) is 0 Å². The van der Waals surface area contributed by atoms with Crippen molar-refractivity contribution >= 4 is 29.9 Å². The molecule has 1 unspecified atom stereocenters. The first-order valence-electron chi connectivity index (χ1n) is 10.5. The maximum atomic E-state index is 5.35. The topological polar surface area (TPSA) is 78.6 Å². The van der Waals surface area contributed by atoms with Crippen molar-refractivity contribution in [2.24, 2.45) is 10.9 Å². The maximum Gasteiger partial charge on any atom is 0.232 e. The lowest BCUT2D eigenvalue weighted by atomic mass is 9.97. The largest absolute Gasteiger partial charge is 0.357 e. The van der Waals surface area contributed by atoms with Crippen molar-refractivity contribution < 1.29 is 4.52 Å². The Kier molecular flexibility index (Phi) is 8.98. The van der Waals surface area contributed by atoms with Gasteiger partial charge in [-0.05, 0) is 32.1 Å². The SMILES string of the molecule is CCNC(=NCc1noc(C(C)(C)C)n1)NC1CCN(CC2CCCC2)C1.I.